The molecule has 0 bridgehead atoms. The normalized spacial score (nSPS) is 16.8. The summed E-state index contributed by atoms with van der Waals surface area (Å²) in [5.74, 6) is -1.73. The van der Waals surface area contributed by atoms with Crippen LogP contribution in [0.15, 0.2) is 24.3 Å². The van der Waals surface area contributed by atoms with Crippen molar-refractivity contribution in [3.05, 3.63) is 29.3 Å². The average Bonchev–Trinajstić information content (AvgIpc) is 2.93. The molecule has 1 aliphatic rings. The van der Waals surface area contributed by atoms with Crippen molar-refractivity contribution in [3.63, 3.8) is 0 Å². The summed E-state index contributed by atoms with van der Waals surface area (Å²) < 4.78 is 10.2. The Kier molecular flexibility index (Phi) is 7.92. The molecule has 0 spiro atoms. The number of benzene rings is 1. The van der Waals surface area contributed by atoms with E-state index in [-0.39, 0.29) is 18.8 Å². The van der Waals surface area contributed by atoms with Gasteiger partial charge in [0.05, 0.1) is 6.61 Å². The summed E-state index contributed by atoms with van der Waals surface area (Å²) in [7, 11) is 0. The molecule has 0 saturated carbocycles. The Morgan fingerprint density at radius 2 is 1.68 bits per heavy atom. The van der Waals surface area contributed by atoms with Gasteiger partial charge in [0.1, 0.15) is 5.75 Å². The van der Waals surface area contributed by atoms with E-state index in [2.05, 4.69) is 4.74 Å². The maximum atomic E-state index is 11.8. The van der Waals surface area contributed by atoms with Crippen molar-refractivity contribution in [1.29, 1.82) is 0 Å². The first-order valence-corrected chi connectivity index (χ1v) is 9.06. The molecule has 25 heavy (non-hydrogen) atoms. The number of hydrogen-bond donors (Lipinski definition) is 0. The number of cyclic esters (lactones) is 1. The highest BCUT2D eigenvalue weighted by molar-refractivity contribution is 6.30. The molecule has 6 heteroatoms. The van der Waals surface area contributed by atoms with Crippen molar-refractivity contribution in [2.24, 2.45) is 5.92 Å². The van der Waals surface area contributed by atoms with Gasteiger partial charge < -0.3 is 9.47 Å². The van der Waals surface area contributed by atoms with E-state index in [1.807, 2.05) is 12.1 Å². The van der Waals surface area contributed by atoms with Crippen LogP contribution in [-0.2, 0) is 19.1 Å². The summed E-state index contributed by atoms with van der Waals surface area (Å²) >= 11 is 5.81. The average molecular weight is 367 g/mol. The summed E-state index contributed by atoms with van der Waals surface area (Å²) in [5.41, 5.74) is 0. The fraction of sp³-hybridized carbons (Fsp3) is 0.526. The highest BCUT2D eigenvalue weighted by atomic mass is 35.5. The summed E-state index contributed by atoms with van der Waals surface area (Å²) in [6.07, 6.45) is 6.03. The number of carbonyl (C=O) groups is 3. The fourth-order valence-electron chi connectivity index (χ4n) is 2.72. The van der Waals surface area contributed by atoms with Crippen LogP contribution in [0.1, 0.15) is 44.9 Å². The van der Waals surface area contributed by atoms with Gasteiger partial charge >= 0.3 is 5.97 Å². The van der Waals surface area contributed by atoms with Crippen molar-refractivity contribution in [2.75, 3.05) is 13.2 Å². The third kappa shape index (κ3) is 6.50. The highest BCUT2D eigenvalue weighted by Gasteiger charge is 2.40. The summed E-state index contributed by atoms with van der Waals surface area (Å²) in [6, 6.07) is 7.31. The molecule has 0 amide bonds. The minimum absolute atomic E-state index is 0.257. The van der Waals surface area contributed by atoms with Crippen LogP contribution in [-0.4, -0.2) is 30.7 Å². The van der Waals surface area contributed by atoms with Gasteiger partial charge in [-0.3, -0.25) is 14.4 Å². The molecular formula is C19H23ClO5. The van der Waals surface area contributed by atoms with Gasteiger partial charge in [-0.2, -0.15) is 0 Å². The van der Waals surface area contributed by atoms with Crippen molar-refractivity contribution < 1.29 is 23.9 Å². The largest absolute Gasteiger partial charge is 0.494 e. The number of carbonyl (C=O) groups excluding carboxylic acids is 3. The molecule has 5 nitrogen and oxygen atoms in total. The van der Waals surface area contributed by atoms with E-state index in [1.165, 1.54) is 0 Å². The van der Waals surface area contributed by atoms with Gasteiger partial charge in [-0.25, -0.2) is 0 Å². The Morgan fingerprint density at radius 3 is 2.32 bits per heavy atom. The quantitative estimate of drug-likeness (QED) is 0.339. The van der Waals surface area contributed by atoms with Crippen LogP contribution in [0.25, 0.3) is 0 Å². The maximum absolute atomic E-state index is 11.8. The van der Waals surface area contributed by atoms with E-state index in [1.54, 1.807) is 12.1 Å². The first-order valence-electron chi connectivity index (χ1n) is 8.68. The molecule has 1 heterocycles. The number of ketones is 2. The Bertz CT molecular complexity index is 580. The van der Waals surface area contributed by atoms with Gasteiger partial charge in [-0.1, -0.05) is 37.3 Å². The molecule has 0 radical (unpaired) electrons. The van der Waals surface area contributed by atoms with Crippen LogP contribution in [0.5, 0.6) is 5.75 Å². The molecule has 1 unspecified atom stereocenters. The number of esters is 1. The third-order valence-corrected chi connectivity index (χ3v) is 4.39. The van der Waals surface area contributed by atoms with Crippen molar-refractivity contribution in [1.82, 2.24) is 0 Å². The number of hydrogen-bond acceptors (Lipinski definition) is 5. The zero-order valence-electron chi connectivity index (χ0n) is 14.2. The Labute approximate surface area is 152 Å². The molecule has 0 N–H and O–H groups in total. The van der Waals surface area contributed by atoms with Gasteiger partial charge in [0.15, 0.2) is 24.1 Å². The smallest absolute Gasteiger partial charge is 0.324 e. The van der Waals surface area contributed by atoms with Crippen LogP contribution in [0.3, 0.4) is 0 Å². The van der Waals surface area contributed by atoms with Crippen LogP contribution >= 0.6 is 11.6 Å². The molecule has 136 valence electrons. The zero-order chi connectivity index (χ0) is 18.1. The van der Waals surface area contributed by atoms with Crippen LogP contribution in [0.2, 0.25) is 5.02 Å². The second-order valence-corrected chi connectivity index (χ2v) is 6.58. The predicted octanol–water partition coefficient (Wildman–Crippen LogP) is 3.76. The lowest BCUT2D eigenvalue weighted by atomic mass is 9.96. The zero-order valence-corrected chi connectivity index (χ0v) is 14.9. The SMILES string of the molecule is O=C(CCCCCCCCOc1ccc(Cl)cc1)C1C(=O)COC1=O. The Morgan fingerprint density at radius 1 is 1.04 bits per heavy atom. The summed E-state index contributed by atoms with van der Waals surface area (Å²) in [4.78, 5) is 34.5. The van der Waals surface area contributed by atoms with Gasteiger partial charge in [0, 0.05) is 11.4 Å². The third-order valence-electron chi connectivity index (χ3n) is 4.14. The lowest BCUT2D eigenvalue weighted by Crippen LogP contribution is -2.25. The van der Waals surface area contributed by atoms with Crippen molar-refractivity contribution in [3.8, 4) is 5.75 Å². The minimum atomic E-state index is -1.16. The van der Waals surface area contributed by atoms with Gasteiger partial charge in [0.2, 0.25) is 0 Å². The molecule has 1 fully saturated rings. The van der Waals surface area contributed by atoms with Gasteiger partial charge in [0.25, 0.3) is 0 Å². The van der Waals surface area contributed by atoms with Crippen LogP contribution in [0, 0.1) is 5.92 Å². The summed E-state index contributed by atoms with van der Waals surface area (Å²) in [6.45, 7) is 0.416. The number of rotatable bonds is 11. The van der Waals surface area contributed by atoms with E-state index in [4.69, 9.17) is 16.3 Å². The first kappa shape index (κ1) is 19.4. The monoisotopic (exact) mass is 366 g/mol. The van der Waals surface area contributed by atoms with E-state index in [0.29, 0.717) is 18.1 Å². The first-order chi connectivity index (χ1) is 12.1. The van der Waals surface area contributed by atoms with Gasteiger partial charge in [-0.05, 0) is 37.1 Å². The lowest BCUT2D eigenvalue weighted by molar-refractivity contribution is -0.144. The van der Waals surface area contributed by atoms with Crippen LogP contribution < -0.4 is 4.74 Å². The second kappa shape index (κ2) is 10.2. The Balaban J connectivity index is 1.45. The molecule has 1 aromatic carbocycles. The molecule has 0 aromatic heterocycles. The minimum Gasteiger partial charge on any atom is -0.494 e. The lowest BCUT2D eigenvalue weighted by Gasteiger charge is -2.06. The van der Waals surface area contributed by atoms with Crippen molar-refractivity contribution >= 4 is 29.1 Å². The van der Waals surface area contributed by atoms with E-state index >= 15 is 0 Å². The molecule has 1 atom stereocenters. The molecule has 1 aromatic rings. The highest BCUT2D eigenvalue weighted by Crippen LogP contribution is 2.17. The number of halogens is 1. The molecular weight excluding hydrogens is 344 g/mol. The second-order valence-electron chi connectivity index (χ2n) is 6.15. The molecule has 1 saturated heterocycles. The predicted molar refractivity (Wildman–Crippen MR) is 93.7 cm³/mol. The van der Waals surface area contributed by atoms with Crippen LogP contribution in [0.4, 0.5) is 0 Å². The van der Waals surface area contributed by atoms with Gasteiger partial charge in [-0.15, -0.1) is 0 Å². The molecule has 0 aliphatic carbocycles. The van der Waals surface area contributed by atoms with Crippen molar-refractivity contribution in [2.45, 2.75) is 44.9 Å². The topological polar surface area (TPSA) is 69.7 Å². The van der Waals surface area contributed by atoms with E-state index < -0.39 is 17.7 Å². The molecule has 1 aliphatic heterocycles. The number of ether oxygens (including phenoxy) is 2. The number of unbranched alkanes of at least 4 members (excludes halogenated alkanes) is 5. The maximum Gasteiger partial charge on any atom is 0.324 e. The van der Waals surface area contributed by atoms with E-state index in [0.717, 1.165) is 37.9 Å². The number of Topliss-reactive ketones (excluding diaryl/α,β-unsaturated/α-hetero) is 2. The molecule has 2 rings (SSSR count). The summed E-state index contributed by atoms with van der Waals surface area (Å²) in [5, 5.41) is 0.694. The fourth-order valence-corrected chi connectivity index (χ4v) is 2.85. The standard InChI is InChI=1S/C19H23ClO5/c20-14-8-10-15(11-9-14)24-12-6-4-2-1-3-5-7-16(21)18-17(22)13-25-19(18)23/h8-11,18H,1-7,12-13H2. The Hall–Kier alpha value is -1.88. The van der Waals surface area contributed by atoms with E-state index in [9.17, 15) is 14.4 Å².